The molecule has 1 heterocycles. The zero-order chi connectivity index (χ0) is 9.80. The van der Waals surface area contributed by atoms with Gasteiger partial charge in [0.15, 0.2) is 0 Å². The molecule has 2 heteroatoms. The second-order valence-electron chi connectivity index (χ2n) is 3.26. The number of allylic oxidation sites excluding steroid dienone is 1. The first-order valence-corrected chi connectivity index (χ1v) is 4.66. The van der Waals surface area contributed by atoms with Gasteiger partial charge in [0, 0.05) is 18.0 Å². The maximum Gasteiger partial charge on any atom is 0.150 e. The van der Waals surface area contributed by atoms with Crippen LogP contribution >= 0.6 is 0 Å². The molecular formula is C12H11NO. The Kier molecular flexibility index (Phi) is 2.54. The molecule has 0 bridgehead atoms. The molecular weight excluding hydrogens is 174 g/mol. The van der Waals surface area contributed by atoms with Crippen LogP contribution in [0, 0.1) is 0 Å². The number of nitrogens with zero attached hydrogens (tertiary/aromatic N) is 1. The molecule has 1 aliphatic heterocycles. The van der Waals surface area contributed by atoms with Gasteiger partial charge in [-0.2, -0.15) is 0 Å². The summed E-state index contributed by atoms with van der Waals surface area (Å²) in [7, 11) is 0. The Labute approximate surface area is 83.0 Å². The van der Waals surface area contributed by atoms with Gasteiger partial charge in [0.2, 0.25) is 0 Å². The number of aliphatic imine (C=N–C) groups is 1. The van der Waals surface area contributed by atoms with Gasteiger partial charge in [-0.05, 0) is 24.0 Å². The lowest BCUT2D eigenvalue weighted by Crippen LogP contribution is -1.91. The van der Waals surface area contributed by atoms with Crippen molar-refractivity contribution >= 4 is 18.1 Å². The maximum absolute atomic E-state index is 10.5. The summed E-state index contributed by atoms with van der Waals surface area (Å²) in [6, 6.07) is 7.61. The van der Waals surface area contributed by atoms with Crippen molar-refractivity contribution < 1.29 is 4.79 Å². The summed E-state index contributed by atoms with van der Waals surface area (Å²) >= 11 is 0. The number of hydrogen-bond donors (Lipinski definition) is 0. The van der Waals surface area contributed by atoms with Crippen LogP contribution in [0.3, 0.4) is 0 Å². The van der Waals surface area contributed by atoms with E-state index < -0.39 is 0 Å². The third-order valence-corrected chi connectivity index (χ3v) is 2.30. The number of aldehydes is 1. The van der Waals surface area contributed by atoms with Crippen molar-refractivity contribution in [2.24, 2.45) is 4.99 Å². The van der Waals surface area contributed by atoms with E-state index in [9.17, 15) is 4.79 Å². The highest BCUT2D eigenvalue weighted by molar-refractivity contribution is 5.78. The average Bonchev–Trinajstić information content (AvgIpc) is 2.30. The van der Waals surface area contributed by atoms with Gasteiger partial charge in [-0.25, -0.2) is 0 Å². The molecule has 1 aromatic rings. The van der Waals surface area contributed by atoms with Gasteiger partial charge in [-0.1, -0.05) is 24.3 Å². The van der Waals surface area contributed by atoms with Crippen LogP contribution < -0.4 is 0 Å². The molecule has 2 nitrogen and oxygen atoms in total. The Bertz CT molecular complexity index is 387. The Hall–Kier alpha value is -1.70. The number of benzene rings is 1. The highest BCUT2D eigenvalue weighted by atomic mass is 16.1. The van der Waals surface area contributed by atoms with Crippen LogP contribution in [-0.2, 0) is 0 Å². The molecule has 0 saturated heterocycles. The summed E-state index contributed by atoms with van der Waals surface area (Å²) in [4.78, 5) is 14.6. The number of carbonyl (C=O) groups excluding carboxylic acids is 1. The molecule has 0 spiro atoms. The standard InChI is InChI=1S/C12H11NO/c14-9-10-3-5-11(6-4-10)12-2-1-7-13-8-12/h3-9H,1-2H2. The molecule has 0 saturated carbocycles. The van der Waals surface area contributed by atoms with E-state index in [4.69, 9.17) is 0 Å². The summed E-state index contributed by atoms with van der Waals surface area (Å²) in [6.45, 7) is 0. The quantitative estimate of drug-likeness (QED) is 0.651. The summed E-state index contributed by atoms with van der Waals surface area (Å²) in [5.41, 5.74) is 3.12. The molecule has 0 radical (unpaired) electrons. The van der Waals surface area contributed by atoms with Gasteiger partial charge in [0.05, 0.1) is 0 Å². The lowest BCUT2D eigenvalue weighted by molar-refractivity contribution is 0.112. The average molecular weight is 185 g/mol. The molecule has 2 rings (SSSR count). The van der Waals surface area contributed by atoms with Crippen LogP contribution in [0.5, 0.6) is 0 Å². The van der Waals surface area contributed by atoms with E-state index in [0.717, 1.165) is 24.7 Å². The van der Waals surface area contributed by atoms with Gasteiger partial charge in [-0.15, -0.1) is 0 Å². The SMILES string of the molecule is O=Cc1ccc(C2=CN=CCC2)cc1. The highest BCUT2D eigenvalue weighted by Gasteiger charge is 2.03. The smallest absolute Gasteiger partial charge is 0.150 e. The van der Waals surface area contributed by atoms with Crippen LogP contribution in [0.1, 0.15) is 28.8 Å². The molecule has 70 valence electrons. The lowest BCUT2D eigenvalue weighted by Gasteiger charge is -2.08. The number of hydrogen-bond acceptors (Lipinski definition) is 2. The van der Waals surface area contributed by atoms with Crippen molar-refractivity contribution in [2.45, 2.75) is 12.8 Å². The molecule has 0 N–H and O–H groups in total. The minimum Gasteiger partial charge on any atom is -0.298 e. The monoisotopic (exact) mass is 185 g/mol. The Morgan fingerprint density at radius 2 is 2.00 bits per heavy atom. The second kappa shape index (κ2) is 4.01. The van der Waals surface area contributed by atoms with E-state index in [1.807, 2.05) is 36.7 Å². The third-order valence-electron chi connectivity index (χ3n) is 2.30. The van der Waals surface area contributed by atoms with Crippen LogP contribution in [0.2, 0.25) is 0 Å². The van der Waals surface area contributed by atoms with Crippen LogP contribution in [0.4, 0.5) is 0 Å². The molecule has 1 aromatic carbocycles. The fourth-order valence-corrected chi connectivity index (χ4v) is 1.50. The zero-order valence-corrected chi connectivity index (χ0v) is 7.81. The molecule has 0 aromatic heterocycles. The molecule has 1 aliphatic rings. The topological polar surface area (TPSA) is 29.4 Å². The molecule has 0 aliphatic carbocycles. The van der Waals surface area contributed by atoms with Crippen molar-refractivity contribution in [1.82, 2.24) is 0 Å². The Morgan fingerprint density at radius 1 is 1.21 bits per heavy atom. The van der Waals surface area contributed by atoms with Crippen LogP contribution in [0.15, 0.2) is 35.5 Å². The lowest BCUT2D eigenvalue weighted by atomic mass is 10.0. The van der Waals surface area contributed by atoms with Crippen molar-refractivity contribution in [1.29, 1.82) is 0 Å². The summed E-state index contributed by atoms with van der Waals surface area (Å²) in [5, 5.41) is 0. The minimum absolute atomic E-state index is 0.716. The van der Waals surface area contributed by atoms with Crippen molar-refractivity contribution in [3.8, 4) is 0 Å². The van der Waals surface area contributed by atoms with E-state index in [1.165, 1.54) is 5.57 Å². The second-order valence-corrected chi connectivity index (χ2v) is 3.26. The van der Waals surface area contributed by atoms with E-state index in [1.54, 1.807) is 0 Å². The summed E-state index contributed by atoms with van der Waals surface area (Å²) in [6.07, 6.45) is 6.70. The van der Waals surface area contributed by atoms with Gasteiger partial charge in [0.1, 0.15) is 6.29 Å². The third kappa shape index (κ3) is 1.79. The normalized spacial score (nSPS) is 15.0. The van der Waals surface area contributed by atoms with Crippen molar-refractivity contribution in [2.75, 3.05) is 0 Å². The molecule has 0 fully saturated rings. The summed E-state index contributed by atoms with van der Waals surface area (Å²) < 4.78 is 0. The van der Waals surface area contributed by atoms with E-state index in [-0.39, 0.29) is 0 Å². The Balaban J connectivity index is 2.28. The fourth-order valence-electron chi connectivity index (χ4n) is 1.50. The number of carbonyl (C=O) groups is 1. The highest BCUT2D eigenvalue weighted by Crippen LogP contribution is 2.21. The number of rotatable bonds is 2. The predicted octanol–water partition coefficient (Wildman–Crippen LogP) is 2.70. The van der Waals surface area contributed by atoms with E-state index in [0.29, 0.717) is 5.56 Å². The summed E-state index contributed by atoms with van der Waals surface area (Å²) in [5.74, 6) is 0. The van der Waals surface area contributed by atoms with Crippen molar-refractivity contribution in [3.63, 3.8) is 0 Å². The predicted molar refractivity (Wildman–Crippen MR) is 57.5 cm³/mol. The molecule has 0 atom stereocenters. The Morgan fingerprint density at radius 3 is 2.57 bits per heavy atom. The largest absolute Gasteiger partial charge is 0.298 e. The first kappa shape index (κ1) is 8.88. The fraction of sp³-hybridized carbons (Fsp3) is 0.167. The van der Waals surface area contributed by atoms with E-state index >= 15 is 0 Å². The van der Waals surface area contributed by atoms with E-state index in [2.05, 4.69) is 4.99 Å². The first-order chi connectivity index (χ1) is 6.90. The minimum atomic E-state index is 0.716. The van der Waals surface area contributed by atoms with Gasteiger partial charge < -0.3 is 0 Å². The van der Waals surface area contributed by atoms with Crippen LogP contribution in [-0.4, -0.2) is 12.5 Å². The van der Waals surface area contributed by atoms with Gasteiger partial charge >= 0.3 is 0 Å². The van der Waals surface area contributed by atoms with Crippen molar-refractivity contribution in [3.05, 3.63) is 41.6 Å². The molecule has 14 heavy (non-hydrogen) atoms. The van der Waals surface area contributed by atoms with Gasteiger partial charge in [0.25, 0.3) is 0 Å². The maximum atomic E-state index is 10.5. The van der Waals surface area contributed by atoms with Gasteiger partial charge in [-0.3, -0.25) is 9.79 Å². The van der Waals surface area contributed by atoms with Crippen LogP contribution in [0.25, 0.3) is 5.57 Å². The first-order valence-electron chi connectivity index (χ1n) is 4.66. The molecule has 0 amide bonds. The zero-order valence-electron chi connectivity index (χ0n) is 7.81. The molecule has 0 unspecified atom stereocenters.